The number of nitrogens with zero attached hydrogens (tertiary/aromatic N) is 1. The van der Waals surface area contributed by atoms with Gasteiger partial charge < -0.3 is 15.7 Å². The molecule has 1 aromatic heterocycles. The molecule has 21 heavy (non-hydrogen) atoms. The number of rotatable bonds is 4. The lowest BCUT2D eigenvalue weighted by Crippen LogP contribution is -2.40. The fourth-order valence-electron chi connectivity index (χ4n) is 2.46. The highest BCUT2D eigenvalue weighted by Gasteiger charge is 2.22. The Kier molecular flexibility index (Phi) is 5.44. The van der Waals surface area contributed by atoms with Crippen LogP contribution in [0.25, 0.3) is 0 Å². The van der Waals surface area contributed by atoms with Crippen LogP contribution in [0.2, 0.25) is 0 Å². The molecule has 2 rings (SSSR count). The molecule has 1 saturated carbocycles. The quantitative estimate of drug-likeness (QED) is 0.795. The third-order valence-corrected chi connectivity index (χ3v) is 4.74. The Morgan fingerprint density at radius 2 is 2.05 bits per heavy atom. The molecule has 114 valence electrons. The van der Waals surface area contributed by atoms with Gasteiger partial charge in [-0.1, -0.05) is 0 Å². The van der Waals surface area contributed by atoms with E-state index in [0.29, 0.717) is 5.25 Å². The number of hydrogen-bond donors (Lipinski definition) is 3. The summed E-state index contributed by atoms with van der Waals surface area (Å²) in [4.78, 5) is 26.7. The van der Waals surface area contributed by atoms with Gasteiger partial charge in [0, 0.05) is 17.5 Å². The summed E-state index contributed by atoms with van der Waals surface area (Å²) in [6.45, 7) is 0. The minimum Gasteiger partial charge on any atom is -0.476 e. The van der Waals surface area contributed by atoms with Crippen LogP contribution in [0.4, 0.5) is 10.5 Å². The maximum atomic E-state index is 12.0. The van der Waals surface area contributed by atoms with Crippen LogP contribution in [0, 0.1) is 0 Å². The first kappa shape index (κ1) is 15.6. The summed E-state index contributed by atoms with van der Waals surface area (Å²) in [6.07, 6.45) is 7.60. The van der Waals surface area contributed by atoms with Crippen LogP contribution in [-0.4, -0.2) is 39.6 Å². The third kappa shape index (κ3) is 4.35. The van der Waals surface area contributed by atoms with Gasteiger partial charge in [-0.05, 0) is 44.1 Å². The first-order chi connectivity index (χ1) is 10.1. The van der Waals surface area contributed by atoms with Crippen molar-refractivity contribution < 1.29 is 14.7 Å². The molecule has 0 aliphatic heterocycles. The molecule has 1 aliphatic rings. The number of thioether (sulfide) groups is 1. The van der Waals surface area contributed by atoms with Crippen molar-refractivity contribution >= 4 is 29.4 Å². The number of carboxylic acids is 1. The van der Waals surface area contributed by atoms with Gasteiger partial charge >= 0.3 is 12.0 Å². The van der Waals surface area contributed by atoms with E-state index in [-0.39, 0.29) is 23.5 Å². The maximum Gasteiger partial charge on any atom is 0.356 e. The highest BCUT2D eigenvalue weighted by Crippen LogP contribution is 2.26. The zero-order chi connectivity index (χ0) is 15.2. The van der Waals surface area contributed by atoms with Crippen LogP contribution >= 0.6 is 11.8 Å². The summed E-state index contributed by atoms with van der Waals surface area (Å²) in [5, 5.41) is 15.2. The number of urea groups is 1. The number of pyridine rings is 1. The topological polar surface area (TPSA) is 91.3 Å². The SMILES string of the molecule is CSC1CCC(NC(=O)Nc2cccnc2C(=O)O)CC1. The molecule has 0 saturated heterocycles. The van der Waals surface area contributed by atoms with Gasteiger partial charge in [-0.2, -0.15) is 11.8 Å². The van der Waals surface area contributed by atoms with Crippen molar-refractivity contribution in [1.29, 1.82) is 0 Å². The Labute approximate surface area is 127 Å². The summed E-state index contributed by atoms with van der Waals surface area (Å²) < 4.78 is 0. The monoisotopic (exact) mass is 309 g/mol. The maximum absolute atomic E-state index is 12.0. The van der Waals surface area contributed by atoms with E-state index in [4.69, 9.17) is 5.11 Å². The predicted molar refractivity (Wildman–Crippen MR) is 82.9 cm³/mol. The van der Waals surface area contributed by atoms with Gasteiger partial charge in [0.1, 0.15) is 0 Å². The Morgan fingerprint density at radius 1 is 1.33 bits per heavy atom. The average Bonchev–Trinajstić information content (AvgIpc) is 2.48. The van der Waals surface area contributed by atoms with Crippen LogP contribution in [0.5, 0.6) is 0 Å². The molecular weight excluding hydrogens is 290 g/mol. The molecule has 1 aliphatic carbocycles. The molecule has 0 spiro atoms. The summed E-state index contributed by atoms with van der Waals surface area (Å²) in [7, 11) is 0. The molecule has 1 aromatic rings. The fraction of sp³-hybridized carbons (Fsp3) is 0.500. The number of carboxylic acid groups (broad SMARTS) is 1. The molecule has 0 bridgehead atoms. The van der Waals surface area contributed by atoms with Crippen molar-refractivity contribution in [2.24, 2.45) is 0 Å². The zero-order valence-corrected chi connectivity index (χ0v) is 12.7. The van der Waals surface area contributed by atoms with Crippen molar-refractivity contribution in [3.63, 3.8) is 0 Å². The lowest BCUT2D eigenvalue weighted by molar-refractivity contribution is 0.0692. The summed E-state index contributed by atoms with van der Waals surface area (Å²) in [6, 6.07) is 2.89. The molecule has 0 unspecified atom stereocenters. The van der Waals surface area contributed by atoms with E-state index in [2.05, 4.69) is 21.9 Å². The van der Waals surface area contributed by atoms with Crippen LogP contribution in [0.1, 0.15) is 36.2 Å². The van der Waals surface area contributed by atoms with Gasteiger partial charge in [-0.15, -0.1) is 0 Å². The second kappa shape index (κ2) is 7.31. The number of carbonyl (C=O) groups is 2. The van der Waals surface area contributed by atoms with Gasteiger partial charge in [0.15, 0.2) is 5.69 Å². The molecule has 6 nitrogen and oxygen atoms in total. The lowest BCUT2D eigenvalue weighted by atomic mass is 9.95. The second-order valence-corrected chi connectivity index (χ2v) is 6.15. The molecule has 2 amide bonds. The van der Waals surface area contributed by atoms with E-state index in [1.54, 1.807) is 6.07 Å². The Balaban J connectivity index is 1.89. The standard InChI is InChI=1S/C14H19N3O3S/c1-21-10-6-4-9(5-7-10)16-14(20)17-11-3-2-8-15-12(11)13(18)19/h2-3,8-10H,4-7H2,1H3,(H,18,19)(H2,16,17,20). The number of amides is 2. The van der Waals surface area contributed by atoms with Crippen molar-refractivity contribution in [3.8, 4) is 0 Å². The average molecular weight is 309 g/mol. The number of nitrogens with one attached hydrogen (secondary N) is 2. The minimum absolute atomic E-state index is 0.151. The Hall–Kier alpha value is -1.76. The van der Waals surface area contributed by atoms with Crippen molar-refractivity contribution in [2.75, 3.05) is 11.6 Å². The van der Waals surface area contributed by atoms with Gasteiger partial charge in [-0.25, -0.2) is 14.6 Å². The molecular formula is C14H19N3O3S. The minimum atomic E-state index is -1.16. The van der Waals surface area contributed by atoms with Crippen molar-refractivity contribution in [3.05, 3.63) is 24.0 Å². The highest BCUT2D eigenvalue weighted by molar-refractivity contribution is 7.99. The van der Waals surface area contributed by atoms with Gasteiger partial charge in [0.25, 0.3) is 0 Å². The van der Waals surface area contributed by atoms with E-state index < -0.39 is 5.97 Å². The highest BCUT2D eigenvalue weighted by atomic mass is 32.2. The number of aromatic carboxylic acids is 1. The third-order valence-electron chi connectivity index (χ3n) is 3.60. The summed E-state index contributed by atoms with van der Waals surface area (Å²) >= 11 is 1.87. The zero-order valence-electron chi connectivity index (χ0n) is 11.8. The molecule has 0 atom stereocenters. The molecule has 3 N–H and O–H groups in total. The van der Waals surface area contributed by atoms with Crippen LogP contribution in [0.15, 0.2) is 18.3 Å². The first-order valence-electron chi connectivity index (χ1n) is 6.88. The Bertz CT molecular complexity index is 516. The fourth-order valence-corrected chi connectivity index (χ4v) is 3.21. The summed E-state index contributed by atoms with van der Waals surface area (Å²) in [5.74, 6) is -1.16. The molecule has 1 heterocycles. The van der Waals surface area contributed by atoms with Gasteiger partial charge in [0.05, 0.1) is 5.69 Å². The van der Waals surface area contributed by atoms with Crippen LogP contribution < -0.4 is 10.6 Å². The predicted octanol–water partition coefficient (Wildman–Crippen LogP) is 2.58. The van der Waals surface area contributed by atoms with Gasteiger partial charge in [0.2, 0.25) is 0 Å². The first-order valence-corrected chi connectivity index (χ1v) is 8.17. The lowest BCUT2D eigenvalue weighted by Gasteiger charge is -2.28. The second-order valence-electron chi connectivity index (χ2n) is 5.01. The van der Waals surface area contributed by atoms with Crippen molar-refractivity contribution in [1.82, 2.24) is 10.3 Å². The van der Waals surface area contributed by atoms with Crippen LogP contribution in [0.3, 0.4) is 0 Å². The smallest absolute Gasteiger partial charge is 0.356 e. The number of aromatic nitrogens is 1. The van der Waals surface area contributed by atoms with E-state index in [9.17, 15) is 9.59 Å². The molecule has 1 fully saturated rings. The number of anilines is 1. The number of hydrogen-bond acceptors (Lipinski definition) is 4. The normalized spacial score (nSPS) is 21.6. The van der Waals surface area contributed by atoms with Crippen LogP contribution in [-0.2, 0) is 0 Å². The van der Waals surface area contributed by atoms with E-state index in [1.807, 2.05) is 11.8 Å². The number of carbonyl (C=O) groups excluding carboxylic acids is 1. The van der Waals surface area contributed by atoms with E-state index in [1.165, 1.54) is 12.3 Å². The van der Waals surface area contributed by atoms with E-state index >= 15 is 0 Å². The van der Waals surface area contributed by atoms with Crippen molar-refractivity contribution in [2.45, 2.75) is 37.0 Å². The molecule has 0 radical (unpaired) electrons. The van der Waals surface area contributed by atoms with E-state index in [0.717, 1.165) is 25.7 Å². The molecule has 7 heteroatoms. The largest absolute Gasteiger partial charge is 0.476 e. The Morgan fingerprint density at radius 3 is 2.67 bits per heavy atom. The summed E-state index contributed by atoms with van der Waals surface area (Å²) in [5.41, 5.74) is 0.0547. The molecule has 0 aromatic carbocycles. The van der Waals surface area contributed by atoms with Gasteiger partial charge in [-0.3, -0.25) is 0 Å².